The lowest BCUT2D eigenvalue weighted by Crippen LogP contribution is -2.35. The summed E-state index contributed by atoms with van der Waals surface area (Å²) in [6, 6.07) is 15.4. The lowest BCUT2D eigenvalue weighted by atomic mass is 9.96. The maximum Gasteiger partial charge on any atom is 0.258 e. The molecule has 0 spiro atoms. The minimum atomic E-state index is -0.0344. The van der Waals surface area contributed by atoms with Gasteiger partial charge in [0, 0.05) is 35.1 Å². The molecule has 0 saturated heterocycles. The van der Waals surface area contributed by atoms with Crippen LogP contribution >= 0.6 is 11.6 Å². The Morgan fingerprint density at radius 3 is 2.84 bits per heavy atom. The summed E-state index contributed by atoms with van der Waals surface area (Å²) < 4.78 is 0. The first-order valence-corrected chi connectivity index (χ1v) is 10.9. The standard InChI is InChI=1S/C25H22ClN5O/c1-16-8-10-18(11-9-16)24(32)31-15-17-4-2-5-19(12-17)29-25-27-14-22(26)23(30-25)28-20-6-3-7-21(31)13-20/h2-11,13-14,17H,12,15H2,1H3,(H2,27,28,29,30). The molecule has 2 heterocycles. The van der Waals surface area contributed by atoms with Crippen LogP contribution in [-0.2, 0) is 0 Å². The van der Waals surface area contributed by atoms with Crippen LogP contribution in [0.15, 0.2) is 78.7 Å². The number of fused-ring (bicyclic) bond motifs is 6. The molecule has 3 aromatic rings. The van der Waals surface area contributed by atoms with Gasteiger partial charge in [0.25, 0.3) is 5.91 Å². The van der Waals surface area contributed by atoms with Gasteiger partial charge in [0.05, 0.1) is 6.20 Å². The highest BCUT2D eigenvalue weighted by molar-refractivity contribution is 6.32. The van der Waals surface area contributed by atoms with E-state index in [1.807, 2.05) is 72.5 Å². The molecule has 160 valence electrons. The van der Waals surface area contributed by atoms with E-state index in [-0.39, 0.29) is 11.8 Å². The van der Waals surface area contributed by atoms with Gasteiger partial charge in [0.2, 0.25) is 5.95 Å². The molecule has 1 atom stereocenters. The molecule has 1 unspecified atom stereocenters. The van der Waals surface area contributed by atoms with Crippen LogP contribution in [0.1, 0.15) is 22.3 Å². The molecule has 6 bridgehead atoms. The highest BCUT2D eigenvalue weighted by atomic mass is 35.5. The van der Waals surface area contributed by atoms with E-state index in [1.165, 1.54) is 0 Å². The number of carbonyl (C=O) groups excluding carboxylic acids is 1. The van der Waals surface area contributed by atoms with E-state index in [2.05, 4.69) is 26.7 Å². The third-order valence-corrected chi connectivity index (χ3v) is 5.84. The molecule has 0 saturated carbocycles. The number of carbonyl (C=O) groups is 1. The average Bonchev–Trinajstić information content (AvgIpc) is 2.80. The predicted octanol–water partition coefficient (Wildman–Crippen LogP) is 5.71. The Kier molecular flexibility index (Phi) is 5.37. The molecule has 2 aromatic carbocycles. The van der Waals surface area contributed by atoms with Gasteiger partial charge in [0.1, 0.15) is 5.02 Å². The number of rotatable bonds is 1. The smallest absolute Gasteiger partial charge is 0.258 e. The summed E-state index contributed by atoms with van der Waals surface area (Å²) in [5.74, 6) is 1.08. The molecule has 1 aliphatic carbocycles. The fourth-order valence-electron chi connectivity index (χ4n) is 3.90. The Balaban J connectivity index is 1.59. The second kappa shape index (κ2) is 8.48. The van der Waals surface area contributed by atoms with Crippen molar-refractivity contribution in [2.24, 2.45) is 5.92 Å². The van der Waals surface area contributed by atoms with Crippen molar-refractivity contribution >= 4 is 40.6 Å². The van der Waals surface area contributed by atoms with Gasteiger partial charge in [-0.2, -0.15) is 4.98 Å². The Hall–Kier alpha value is -3.64. The van der Waals surface area contributed by atoms with Crippen LogP contribution in [0.3, 0.4) is 0 Å². The summed E-state index contributed by atoms with van der Waals surface area (Å²) in [6.45, 7) is 2.56. The fourth-order valence-corrected chi connectivity index (χ4v) is 4.04. The van der Waals surface area contributed by atoms with Crippen molar-refractivity contribution in [2.75, 3.05) is 22.1 Å². The molecule has 2 N–H and O–H groups in total. The first-order valence-electron chi connectivity index (χ1n) is 10.5. The largest absolute Gasteiger partial charge is 0.339 e. The minimum absolute atomic E-state index is 0.0344. The van der Waals surface area contributed by atoms with Crippen LogP contribution in [-0.4, -0.2) is 22.4 Å². The molecule has 1 amide bonds. The number of aromatic nitrogens is 2. The molecular formula is C25H22ClN5O. The van der Waals surface area contributed by atoms with Gasteiger partial charge < -0.3 is 15.5 Å². The molecular weight excluding hydrogens is 422 g/mol. The second-order valence-electron chi connectivity index (χ2n) is 8.01. The SMILES string of the molecule is Cc1ccc(C(=O)N2CC3C=CC=C(C3)Nc3ncc(Cl)c(n3)Nc3cccc2c3)cc1. The van der Waals surface area contributed by atoms with Crippen molar-refractivity contribution in [3.8, 4) is 0 Å². The van der Waals surface area contributed by atoms with Gasteiger partial charge >= 0.3 is 0 Å². The number of allylic oxidation sites excluding steroid dienone is 3. The highest BCUT2D eigenvalue weighted by Gasteiger charge is 2.24. The van der Waals surface area contributed by atoms with Gasteiger partial charge in [-0.15, -0.1) is 0 Å². The maximum atomic E-state index is 13.6. The molecule has 5 rings (SSSR count). The zero-order valence-corrected chi connectivity index (χ0v) is 18.3. The molecule has 1 aromatic heterocycles. The van der Waals surface area contributed by atoms with Gasteiger partial charge in [-0.05, 0) is 49.8 Å². The molecule has 0 radical (unpaired) electrons. The van der Waals surface area contributed by atoms with Crippen LogP contribution in [0, 0.1) is 12.8 Å². The van der Waals surface area contributed by atoms with E-state index in [1.54, 1.807) is 6.20 Å². The monoisotopic (exact) mass is 443 g/mol. The Bertz CT molecular complexity index is 1240. The third-order valence-electron chi connectivity index (χ3n) is 5.56. The Morgan fingerprint density at radius 2 is 2.00 bits per heavy atom. The van der Waals surface area contributed by atoms with Gasteiger partial charge in [0.15, 0.2) is 5.82 Å². The molecule has 6 nitrogen and oxygen atoms in total. The summed E-state index contributed by atoms with van der Waals surface area (Å²) in [6.07, 6.45) is 8.47. The predicted molar refractivity (Wildman–Crippen MR) is 129 cm³/mol. The quantitative estimate of drug-likeness (QED) is 0.503. The van der Waals surface area contributed by atoms with Gasteiger partial charge in [-0.1, -0.05) is 47.5 Å². The van der Waals surface area contributed by atoms with Crippen molar-refractivity contribution in [1.82, 2.24) is 9.97 Å². The van der Waals surface area contributed by atoms with E-state index in [0.717, 1.165) is 29.1 Å². The van der Waals surface area contributed by atoms with Crippen LogP contribution in [0.2, 0.25) is 5.02 Å². The zero-order valence-electron chi connectivity index (χ0n) is 17.5. The summed E-state index contributed by atoms with van der Waals surface area (Å²) in [5.41, 5.74) is 4.36. The number of anilines is 4. The normalized spacial score (nSPS) is 17.1. The van der Waals surface area contributed by atoms with Crippen LogP contribution in [0.25, 0.3) is 0 Å². The average molecular weight is 444 g/mol. The molecule has 32 heavy (non-hydrogen) atoms. The van der Waals surface area contributed by atoms with E-state index < -0.39 is 0 Å². The molecule has 7 heteroatoms. The maximum absolute atomic E-state index is 13.6. The Labute approximate surface area is 191 Å². The van der Waals surface area contributed by atoms with Crippen molar-refractivity contribution in [3.05, 3.63) is 94.8 Å². The Morgan fingerprint density at radius 1 is 1.16 bits per heavy atom. The third kappa shape index (κ3) is 4.22. The van der Waals surface area contributed by atoms with E-state index >= 15 is 0 Å². The number of hydrogen-bond donors (Lipinski definition) is 2. The summed E-state index contributed by atoms with van der Waals surface area (Å²) >= 11 is 6.34. The molecule has 2 aliphatic rings. The van der Waals surface area contributed by atoms with Crippen molar-refractivity contribution in [1.29, 1.82) is 0 Å². The summed E-state index contributed by atoms with van der Waals surface area (Å²) in [5, 5.41) is 6.97. The number of nitrogens with zero attached hydrogens (tertiary/aromatic N) is 3. The van der Waals surface area contributed by atoms with Crippen LogP contribution in [0.4, 0.5) is 23.1 Å². The van der Waals surface area contributed by atoms with Crippen LogP contribution in [0.5, 0.6) is 0 Å². The topological polar surface area (TPSA) is 70.2 Å². The summed E-state index contributed by atoms with van der Waals surface area (Å²) in [7, 11) is 0. The number of benzene rings is 2. The van der Waals surface area contributed by atoms with Crippen molar-refractivity contribution in [2.45, 2.75) is 13.3 Å². The molecule has 1 aliphatic heterocycles. The highest BCUT2D eigenvalue weighted by Crippen LogP contribution is 2.30. The van der Waals surface area contributed by atoms with Crippen LogP contribution < -0.4 is 15.5 Å². The first-order chi connectivity index (χ1) is 15.5. The minimum Gasteiger partial charge on any atom is -0.339 e. The lowest BCUT2D eigenvalue weighted by Gasteiger charge is -2.28. The van der Waals surface area contributed by atoms with E-state index in [0.29, 0.717) is 28.9 Å². The first kappa shape index (κ1) is 20.3. The second-order valence-corrected chi connectivity index (χ2v) is 8.42. The number of amides is 1. The number of aryl methyl sites for hydroxylation is 1. The number of hydrogen-bond acceptors (Lipinski definition) is 5. The molecule has 0 fully saturated rings. The van der Waals surface area contributed by atoms with E-state index in [4.69, 9.17) is 11.6 Å². The van der Waals surface area contributed by atoms with E-state index in [9.17, 15) is 4.79 Å². The van der Waals surface area contributed by atoms with Gasteiger partial charge in [-0.3, -0.25) is 4.79 Å². The fraction of sp³-hybridized carbons (Fsp3) is 0.160. The van der Waals surface area contributed by atoms with Crippen molar-refractivity contribution in [3.63, 3.8) is 0 Å². The number of nitrogens with one attached hydrogen (secondary N) is 2. The summed E-state index contributed by atoms with van der Waals surface area (Å²) in [4.78, 5) is 24.3. The van der Waals surface area contributed by atoms with Crippen molar-refractivity contribution < 1.29 is 4.79 Å². The zero-order chi connectivity index (χ0) is 22.1. The van der Waals surface area contributed by atoms with Gasteiger partial charge in [-0.25, -0.2) is 4.98 Å². The number of halogens is 1. The lowest BCUT2D eigenvalue weighted by molar-refractivity contribution is 0.0984.